The van der Waals surface area contributed by atoms with E-state index in [2.05, 4.69) is 4.98 Å². The van der Waals surface area contributed by atoms with Gasteiger partial charge < -0.3 is 9.53 Å². The van der Waals surface area contributed by atoms with Gasteiger partial charge in [-0.1, -0.05) is 36.7 Å². The third kappa shape index (κ3) is 5.98. The molecule has 0 amide bonds. The van der Waals surface area contributed by atoms with Crippen LogP contribution in [0, 0.1) is 5.92 Å². The molecule has 0 spiro atoms. The average Bonchev–Trinajstić information content (AvgIpc) is 2.55. The van der Waals surface area contributed by atoms with E-state index in [0.29, 0.717) is 28.6 Å². The normalized spacial score (nSPS) is 13.6. The highest BCUT2D eigenvalue weighted by Crippen LogP contribution is 2.31. The van der Waals surface area contributed by atoms with Crippen LogP contribution in [0.25, 0.3) is 6.08 Å². The van der Waals surface area contributed by atoms with Gasteiger partial charge >= 0.3 is 0 Å². The van der Waals surface area contributed by atoms with Crippen LogP contribution in [0.4, 0.5) is 4.39 Å². The highest BCUT2D eigenvalue weighted by Gasteiger charge is 2.09. The number of carbonyl (C=O) groups excluding carboxylic acids is 1. The molecule has 25 heavy (non-hydrogen) atoms. The van der Waals surface area contributed by atoms with Gasteiger partial charge in [-0.15, -0.1) is 0 Å². The first-order valence-corrected chi connectivity index (χ1v) is 8.48. The van der Waals surface area contributed by atoms with Crippen molar-refractivity contribution in [1.82, 2.24) is 4.98 Å². The average molecular weight is 362 g/mol. The van der Waals surface area contributed by atoms with Crippen molar-refractivity contribution in [3.63, 3.8) is 0 Å². The summed E-state index contributed by atoms with van der Waals surface area (Å²) >= 11 is 6.12. The second-order valence-corrected chi connectivity index (χ2v) is 6.49. The van der Waals surface area contributed by atoms with Crippen LogP contribution < -0.4 is 4.74 Å². The molecule has 0 aliphatic rings. The number of nitrogens with zero attached hydrogens (tertiary/aromatic N) is 1. The summed E-state index contributed by atoms with van der Waals surface area (Å²) in [5.74, 6) is 1.18. The van der Waals surface area contributed by atoms with Gasteiger partial charge in [-0.05, 0) is 49.1 Å². The van der Waals surface area contributed by atoms with Crippen LogP contribution in [-0.2, 0) is 4.79 Å². The van der Waals surface area contributed by atoms with E-state index in [9.17, 15) is 9.18 Å². The zero-order valence-corrected chi connectivity index (χ0v) is 15.3. The van der Waals surface area contributed by atoms with Crippen molar-refractivity contribution in [2.45, 2.75) is 33.4 Å². The summed E-state index contributed by atoms with van der Waals surface area (Å²) in [6.07, 6.45) is 5.03. The Kier molecular flexibility index (Phi) is 6.71. The lowest BCUT2D eigenvalue weighted by molar-refractivity contribution is -0.117. The molecule has 0 aliphatic heterocycles. The molecule has 2 atom stereocenters. The standard InChI is InChI=1S/C20H21ClFNO2/c1-13(10-14(2)24)4-5-16-6-9-20(23-12-16)25-19-8-7-17(15(3)22)11-18(19)21/h4-9,11-13,15H,10H2,1-3H3/b5-4+/t13-,15?/m0/s1. The van der Waals surface area contributed by atoms with Crippen molar-refractivity contribution < 1.29 is 13.9 Å². The first-order chi connectivity index (χ1) is 11.8. The fraction of sp³-hybridized carbons (Fsp3) is 0.300. The van der Waals surface area contributed by atoms with Crippen molar-refractivity contribution in [2.75, 3.05) is 0 Å². The highest BCUT2D eigenvalue weighted by molar-refractivity contribution is 6.32. The van der Waals surface area contributed by atoms with Crippen molar-refractivity contribution in [3.8, 4) is 11.6 Å². The lowest BCUT2D eigenvalue weighted by Crippen LogP contribution is -1.97. The summed E-state index contributed by atoms with van der Waals surface area (Å²) in [6, 6.07) is 8.42. The van der Waals surface area contributed by atoms with Crippen LogP contribution >= 0.6 is 11.6 Å². The van der Waals surface area contributed by atoms with E-state index in [-0.39, 0.29) is 11.7 Å². The van der Waals surface area contributed by atoms with E-state index >= 15 is 0 Å². The van der Waals surface area contributed by atoms with Crippen LogP contribution in [0.3, 0.4) is 0 Å². The van der Waals surface area contributed by atoms with Gasteiger partial charge in [0.2, 0.25) is 5.88 Å². The molecular formula is C20H21ClFNO2. The van der Waals surface area contributed by atoms with E-state index in [1.54, 1.807) is 37.4 Å². The monoisotopic (exact) mass is 361 g/mol. The van der Waals surface area contributed by atoms with Crippen molar-refractivity contribution in [3.05, 3.63) is 58.8 Å². The largest absolute Gasteiger partial charge is 0.437 e. The molecular weight excluding hydrogens is 341 g/mol. The van der Waals surface area contributed by atoms with Crippen LogP contribution in [0.5, 0.6) is 11.6 Å². The maximum atomic E-state index is 13.3. The van der Waals surface area contributed by atoms with E-state index in [0.717, 1.165) is 5.56 Å². The van der Waals surface area contributed by atoms with E-state index in [4.69, 9.17) is 16.3 Å². The third-order valence-electron chi connectivity index (χ3n) is 3.62. The summed E-state index contributed by atoms with van der Waals surface area (Å²) < 4.78 is 18.9. The Hall–Kier alpha value is -2.20. The van der Waals surface area contributed by atoms with Crippen molar-refractivity contribution in [2.24, 2.45) is 5.92 Å². The molecule has 0 radical (unpaired) electrons. The molecule has 0 fully saturated rings. The number of ether oxygens (including phenoxy) is 1. The van der Waals surface area contributed by atoms with E-state index in [1.807, 2.05) is 25.1 Å². The van der Waals surface area contributed by atoms with Crippen LogP contribution in [-0.4, -0.2) is 10.8 Å². The number of aromatic nitrogens is 1. The molecule has 1 unspecified atom stereocenters. The van der Waals surface area contributed by atoms with Crippen LogP contribution in [0.15, 0.2) is 42.6 Å². The minimum absolute atomic E-state index is 0.170. The van der Waals surface area contributed by atoms with Crippen LogP contribution in [0.2, 0.25) is 5.02 Å². The third-order valence-corrected chi connectivity index (χ3v) is 3.91. The number of allylic oxidation sites excluding steroid dienone is 1. The van der Waals surface area contributed by atoms with Gasteiger partial charge in [-0.3, -0.25) is 0 Å². The molecule has 1 heterocycles. The van der Waals surface area contributed by atoms with Gasteiger partial charge in [0.15, 0.2) is 0 Å². The van der Waals surface area contributed by atoms with Crippen LogP contribution in [0.1, 0.15) is 44.5 Å². The molecule has 3 nitrogen and oxygen atoms in total. The SMILES string of the molecule is CC(=O)C[C@@H](C)/C=C/c1ccc(Oc2ccc(C(C)F)cc2Cl)nc1. The number of halogens is 2. The smallest absolute Gasteiger partial charge is 0.219 e. The first kappa shape index (κ1) is 19.1. The Morgan fingerprint density at radius 1 is 1.32 bits per heavy atom. The summed E-state index contributed by atoms with van der Waals surface area (Å²) in [6.45, 7) is 5.04. The zero-order valence-electron chi connectivity index (χ0n) is 14.5. The Balaban J connectivity index is 2.03. The Morgan fingerprint density at radius 2 is 2.08 bits per heavy atom. The molecule has 5 heteroatoms. The van der Waals surface area contributed by atoms with Gasteiger partial charge in [0.1, 0.15) is 17.7 Å². The predicted molar refractivity (Wildman–Crippen MR) is 98.8 cm³/mol. The number of pyridine rings is 1. The Bertz CT molecular complexity index is 757. The summed E-state index contributed by atoms with van der Waals surface area (Å²) in [4.78, 5) is 15.3. The number of rotatable bonds is 7. The summed E-state index contributed by atoms with van der Waals surface area (Å²) in [7, 11) is 0. The fourth-order valence-electron chi connectivity index (χ4n) is 2.31. The number of Topliss-reactive ketones (excluding diaryl/α,β-unsaturated/α-hetero) is 1. The van der Waals surface area contributed by atoms with Gasteiger partial charge in [-0.2, -0.15) is 0 Å². The van der Waals surface area contributed by atoms with Gasteiger partial charge in [0.05, 0.1) is 5.02 Å². The quantitative estimate of drug-likeness (QED) is 0.590. The number of hydrogen-bond acceptors (Lipinski definition) is 3. The second kappa shape index (κ2) is 8.77. The number of carbonyl (C=O) groups is 1. The summed E-state index contributed by atoms with van der Waals surface area (Å²) in [5.41, 5.74) is 1.42. The minimum atomic E-state index is -1.08. The molecule has 1 aromatic heterocycles. The van der Waals surface area contributed by atoms with E-state index in [1.165, 1.54) is 6.92 Å². The highest BCUT2D eigenvalue weighted by atomic mass is 35.5. The minimum Gasteiger partial charge on any atom is -0.437 e. The number of hydrogen-bond donors (Lipinski definition) is 0. The second-order valence-electron chi connectivity index (χ2n) is 6.08. The Morgan fingerprint density at radius 3 is 2.64 bits per heavy atom. The number of ketones is 1. The molecule has 2 rings (SSSR count). The van der Waals surface area contributed by atoms with Gasteiger partial charge in [0, 0.05) is 18.7 Å². The zero-order chi connectivity index (χ0) is 18.4. The maximum Gasteiger partial charge on any atom is 0.219 e. The fourth-order valence-corrected chi connectivity index (χ4v) is 2.54. The number of alkyl halides is 1. The summed E-state index contributed by atoms with van der Waals surface area (Å²) in [5, 5.41) is 0.339. The molecule has 1 aromatic carbocycles. The van der Waals surface area contributed by atoms with E-state index < -0.39 is 6.17 Å². The predicted octanol–water partition coefficient (Wildman–Crippen LogP) is 6.19. The van der Waals surface area contributed by atoms with Crippen molar-refractivity contribution in [1.29, 1.82) is 0 Å². The lowest BCUT2D eigenvalue weighted by atomic mass is 10.0. The molecule has 0 saturated heterocycles. The molecule has 0 N–H and O–H groups in total. The van der Waals surface area contributed by atoms with Crippen molar-refractivity contribution >= 4 is 23.5 Å². The molecule has 2 aromatic rings. The lowest BCUT2D eigenvalue weighted by Gasteiger charge is -2.09. The molecule has 0 saturated carbocycles. The molecule has 0 bridgehead atoms. The maximum absolute atomic E-state index is 13.3. The number of benzene rings is 1. The molecule has 0 aliphatic carbocycles. The first-order valence-electron chi connectivity index (χ1n) is 8.10. The molecule has 132 valence electrons. The van der Waals surface area contributed by atoms with Gasteiger partial charge in [0.25, 0.3) is 0 Å². The topological polar surface area (TPSA) is 39.2 Å². The Labute approximate surface area is 152 Å². The van der Waals surface area contributed by atoms with Gasteiger partial charge in [-0.25, -0.2) is 9.37 Å².